The van der Waals surface area contributed by atoms with Gasteiger partial charge in [-0.15, -0.1) is 0 Å². The number of hydrogen-bond acceptors (Lipinski definition) is 3. The highest BCUT2D eigenvalue weighted by molar-refractivity contribution is 5.35. The van der Waals surface area contributed by atoms with Gasteiger partial charge in [-0.1, -0.05) is 6.07 Å². The smallest absolute Gasteiger partial charge is 0.129 e. The van der Waals surface area contributed by atoms with Gasteiger partial charge in [0, 0.05) is 11.6 Å². The first-order valence-corrected chi connectivity index (χ1v) is 5.68. The number of hydrogen-bond donors (Lipinski definition) is 0. The Bertz CT molecular complexity index is 620. The third-order valence-corrected chi connectivity index (χ3v) is 2.61. The zero-order chi connectivity index (χ0) is 13.7. The summed E-state index contributed by atoms with van der Waals surface area (Å²) < 4.78 is 24.1. The van der Waals surface area contributed by atoms with Crippen LogP contribution in [0.15, 0.2) is 42.5 Å². The quantitative estimate of drug-likeness (QED) is 0.844. The minimum Gasteiger partial charge on any atom is -0.497 e. The summed E-state index contributed by atoms with van der Waals surface area (Å²) in [5.74, 6) is 0.867. The van der Waals surface area contributed by atoms with Crippen LogP contribution < -0.4 is 9.47 Å². The Morgan fingerprint density at radius 3 is 2.68 bits per heavy atom. The van der Waals surface area contributed by atoms with Gasteiger partial charge in [-0.3, -0.25) is 0 Å². The van der Waals surface area contributed by atoms with E-state index in [-0.39, 0.29) is 12.4 Å². The van der Waals surface area contributed by atoms with Gasteiger partial charge in [-0.2, -0.15) is 5.26 Å². The molecule has 0 aliphatic carbocycles. The predicted molar refractivity (Wildman–Crippen MR) is 68.4 cm³/mol. The van der Waals surface area contributed by atoms with Gasteiger partial charge >= 0.3 is 0 Å². The molecule has 0 fully saturated rings. The van der Waals surface area contributed by atoms with Crippen LogP contribution in [0.4, 0.5) is 4.39 Å². The monoisotopic (exact) mass is 257 g/mol. The van der Waals surface area contributed by atoms with Crippen LogP contribution in [-0.2, 0) is 6.61 Å². The fraction of sp³-hybridized carbons (Fsp3) is 0.133. The summed E-state index contributed by atoms with van der Waals surface area (Å²) in [6.07, 6.45) is 0. The van der Waals surface area contributed by atoms with E-state index in [1.807, 2.05) is 6.07 Å². The lowest BCUT2D eigenvalue weighted by Crippen LogP contribution is -1.99. The molecule has 0 saturated carbocycles. The van der Waals surface area contributed by atoms with E-state index >= 15 is 0 Å². The average Bonchev–Trinajstić information content (AvgIpc) is 2.46. The Hall–Kier alpha value is -2.54. The molecule has 0 aromatic heterocycles. The molecular formula is C15H12FNO2. The van der Waals surface area contributed by atoms with Crippen LogP contribution in [0.25, 0.3) is 0 Å². The maximum Gasteiger partial charge on any atom is 0.129 e. The number of nitrogens with zero attached hydrogens (tertiary/aromatic N) is 1. The van der Waals surface area contributed by atoms with Crippen LogP contribution >= 0.6 is 0 Å². The maximum atomic E-state index is 13.5. The summed E-state index contributed by atoms with van der Waals surface area (Å²) in [6.45, 7) is 0.0640. The Labute approximate surface area is 110 Å². The standard InChI is InChI=1S/C15H12FNO2/c1-18-13-3-2-4-14(8-13)19-10-12-7-11(9-17)5-6-15(12)16/h2-8H,10H2,1H3. The third kappa shape index (κ3) is 3.23. The number of nitriles is 1. The first-order chi connectivity index (χ1) is 9.22. The molecule has 2 aromatic rings. The maximum absolute atomic E-state index is 13.5. The van der Waals surface area contributed by atoms with E-state index in [2.05, 4.69) is 0 Å². The molecule has 4 heteroatoms. The van der Waals surface area contributed by atoms with E-state index in [0.717, 1.165) is 0 Å². The fourth-order valence-corrected chi connectivity index (χ4v) is 1.61. The minimum atomic E-state index is -0.387. The SMILES string of the molecule is COc1cccc(OCc2cc(C#N)ccc2F)c1. The summed E-state index contributed by atoms with van der Waals surface area (Å²) in [7, 11) is 1.56. The number of methoxy groups -OCH3 is 1. The summed E-state index contributed by atoms with van der Waals surface area (Å²) in [5, 5.41) is 8.78. The second-order valence-corrected chi connectivity index (χ2v) is 3.89. The van der Waals surface area contributed by atoms with E-state index in [9.17, 15) is 4.39 Å². The van der Waals surface area contributed by atoms with Gasteiger partial charge in [0.1, 0.15) is 23.9 Å². The molecule has 0 saturated heterocycles. The van der Waals surface area contributed by atoms with Crippen LogP contribution in [0.2, 0.25) is 0 Å². The number of halogens is 1. The van der Waals surface area contributed by atoms with Gasteiger partial charge < -0.3 is 9.47 Å². The molecule has 96 valence electrons. The third-order valence-electron chi connectivity index (χ3n) is 2.61. The Morgan fingerprint density at radius 1 is 1.16 bits per heavy atom. The first-order valence-electron chi connectivity index (χ1n) is 5.68. The molecule has 3 nitrogen and oxygen atoms in total. The van der Waals surface area contributed by atoms with Crippen molar-refractivity contribution in [1.29, 1.82) is 5.26 Å². The predicted octanol–water partition coefficient (Wildman–Crippen LogP) is 3.28. The molecule has 0 aliphatic rings. The lowest BCUT2D eigenvalue weighted by atomic mass is 10.1. The number of ether oxygens (including phenoxy) is 2. The van der Waals surface area contributed by atoms with Crippen molar-refractivity contribution in [2.24, 2.45) is 0 Å². The van der Waals surface area contributed by atoms with Crippen molar-refractivity contribution in [2.75, 3.05) is 7.11 Å². The molecule has 0 spiro atoms. The molecule has 0 N–H and O–H groups in total. The summed E-state index contributed by atoms with van der Waals surface area (Å²) in [6, 6.07) is 13.2. The fourth-order valence-electron chi connectivity index (χ4n) is 1.61. The molecule has 0 radical (unpaired) electrons. The lowest BCUT2D eigenvalue weighted by molar-refractivity contribution is 0.297. The molecule has 0 atom stereocenters. The molecular weight excluding hydrogens is 245 g/mol. The zero-order valence-corrected chi connectivity index (χ0v) is 10.4. The van der Waals surface area contributed by atoms with E-state index < -0.39 is 0 Å². The van der Waals surface area contributed by atoms with Crippen molar-refractivity contribution >= 4 is 0 Å². The summed E-state index contributed by atoms with van der Waals surface area (Å²) >= 11 is 0. The van der Waals surface area contributed by atoms with Gasteiger partial charge in [0.2, 0.25) is 0 Å². The van der Waals surface area contributed by atoms with Crippen molar-refractivity contribution in [3.8, 4) is 17.6 Å². The topological polar surface area (TPSA) is 42.2 Å². The highest BCUT2D eigenvalue weighted by Crippen LogP contribution is 2.20. The van der Waals surface area contributed by atoms with Crippen LogP contribution in [0, 0.1) is 17.1 Å². The number of rotatable bonds is 4. The van der Waals surface area contributed by atoms with Gasteiger partial charge in [-0.25, -0.2) is 4.39 Å². The van der Waals surface area contributed by atoms with E-state index in [1.54, 1.807) is 31.4 Å². The van der Waals surface area contributed by atoms with Crippen LogP contribution in [0.1, 0.15) is 11.1 Å². The largest absolute Gasteiger partial charge is 0.497 e. The minimum absolute atomic E-state index is 0.0640. The highest BCUT2D eigenvalue weighted by Gasteiger charge is 2.05. The first kappa shape index (κ1) is 12.9. The van der Waals surface area contributed by atoms with E-state index in [4.69, 9.17) is 14.7 Å². The van der Waals surface area contributed by atoms with Gasteiger partial charge in [0.25, 0.3) is 0 Å². The summed E-state index contributed by atoms with van der Waals surface area (Å²) in [5.41, 5.74) is 0.757. The van der Waals surface area contributed by atoms with Crippen molar-refractivity contribution in [1.82, 2.24) is 0 Å². The number of benzene rings is 2. The Balaban J connectivity index is 2.12. The second kappa shape index (κ2) is 5.87. The average molecular weight is 257 g/mol. The van der Waals surface area contributed by atoms with Crippen molar-refractivity contribution in [3.63, 3.8) is 0 Å². The molecule has 19 heavy (non-hydrogen) atoms. The molecule has 0 aliphatic heterocycles. The van der Waals surface area contributed by atoms with Gasteiger partial charge in [0.05, 0.1) is 18.7 Å². The van der Waals surface area contributed by atoms with Crippen LogP contribution in [0.3, 0.4) is 0 Å². The van der Waals surface area contributed by atoms with Crippen molar-refractivity contribution in [3.05, 3.63) is 59.4 Å². The highest BCUT2D eigenvalue weighted by atomic mass is 19.1. The molecule has 2 aromatic carbocycles. The lowest BCUT2D eigenvalue weighted by Gasteiger charge is -2.08. The van der Waals surface area contributed by atoms with Crippen LogP contribution in [-0.4, -0.2) is 7.11 Å². The molecule has 0 bridgehead atoms. The Kier molecular flexibility index (Phi) is 3.99. The van der Waals surface area contributed by atoms with Crippen molar-refractivity contribution in [2.45, 2.75) is 6.61 Å². The molecule has 0 amide bonds. The van der Waals surface area contributed by atoms with E-state index in [1.165, 1.54) is 18.2 Å². The summed E-state index contributed by atoms with van der Waals surface area (Å²) in [4.78, 5) is 0. The zero-order valence-electron chi connectivity index (χ0n) is 10.4. The van der Waals surface area contributed by atoms with Crippen molar-refractivity contribution < 1.29 is 13.9 Å². The molecule has 0 unspecified atom stereocenters. The van der Waals surface area contributed by atoms with Crippen LogP contribution in [0.5, 0.6) is 11.5 Å². The normalized spacial score (nSPS) is 9.74. The molecule has 0 heterocycles. The van der Waals surface area contributed by atoms with E-state index in [0.29, 0.717) is 22.6 Å². The Morgan fingerprint density at radius 2 is 1.95 bits per heavy atom. The second-order valence-electron chi connectivity index (χ2n) is 3.89. The van der Waals surface area contributed by atoms with Gasteiger partial charge in [0.15, 0.2) is 0 Å². The van der Waals surface area contributed by atoms with Gasteiger partial charge in [-0.05, 0) is 30.3 Å². The molecule has 2 rings (SSSR count).